The van der Waals surface area contributed by atoms with Gasteiger partial charge in [-0.15, -0.1) is 12.4 Å². The van der Waals surface area contributed by atoms with Crippen LogP contribution in [-0.2, 0) is 0 Å². The van der Waals surface area contributed by atoms with Gasteiger partial charge in [0, 0.05) is 11.5 Å². The normalized spacial score (nSPS) is 11.1. The average Bonchev–Trinajstić information content (AvgIpc) is 3.13. The largest absolute Gasteiger partial charge is 0.505 e. The smallest absolute Gasteiger partial charge is 0.173 e. The van der Waals surface area contributed by atoms with Gasteiger partial charge < -0.3 is 9.52 Å². The van der Waals surface area contributed by atoms with Crippen LogP contribution in [0.2, 0.25) is 0 Å². The van der Waals surface area contributed by atoms with Gasteiger partial charge in [0.25, 0.3) is 0 Å². The number of fused-ring (bicyclic) bond motifs is 3. The lowest BCUT2D eigenvalue weighted by Crippen LogP contribution is -1.94. The van der Waals surface area contributed by atoms with Gasteiger partial charge in [0.15, 0.2) is 23.0 Å². The Balaban J connectivity index is 0.00000156. The first-order chi connectivity index (χ1) is 10.6. The molecule has 0 unspecified atom stereocenters. The maximum Gasteiger partial charge on any atom is 0.173 e. The van der Waals surface area contributed by atoms with Crippen LogP contribution >= 0.6 is 12.4 Å². The van der Waals surface area contributed by atoms with Crippen LogP contribution in [0.5, 0.6) is 5.75 Å². The molecule has 0 aliphatic carbocycles. The van der Waals surface area contributed by atoms with Crippen molar-refractivity contribution in [2.24, 2.45) is 0 Å². The van der Waals surface area contributed by atoms with Crippen molar-refractivity contribution < 1.29 is 18.3 Å². The molecule has 5 nitrogen and oxygen atoms in total. The molecule has 118 valence electrons. The number of phenolic OH excluding ortho intramolecular Hbond substituents is 1. The third-order valence-electron chi connectivity index (χ3n) is 3.59. The number of aromatic hydroxyl groups is 1. The molecule has 0 aliphatic rings. The highest BCUT2D eigenvalue weighted by atomic mass is 35.5. The average molecular weight is 338 g/mol. The summed E-state index contributed by atoms with van der Waals surface area (Å²) in [5.74, 6) is -2.16. The maximum absolute atomic E-state index is 14.5. The SMILES string of the molecule is Cc1n[nH]c2nc(-c3ccco3)c3c(F)cc(O)c(F)c3c12.Cl. The molecule has 0 aliphatic heterocycles. The molecule has 0 fully saturated rings. The number of benzene rings is 1. The number of halogens is 3. The van der Waals surface area contributed by atoms with Crippen LogP contribution in [0.1, 0.15) is 5.69 Å². The van der Waals surface area contributed by atoms with E-state index < -0.39 is 17.4 Å². The molecular formula is C15H10ClF2N3O2. The highest BCUT2D eigenvalue weighted by Crippen LogP contribution is 2.39. The van der Waals surface area contributed by atoms with Gasteiger partial charge in [0.2, 0.25) is 0 Å². The lowest BCUT2D eigenvalue weighted by molar-refractivity contribution is 0.431. The molecule has 3 heterocycles. The molecule has 4 rings (SSSR count). The number of H-pyrrole nitrogens is 1. The van der Waals surface area contributed by atoms with Crippen LogP contribution in [0.3, 0.4) is 0 Å². The van der Waals surface area contributed by atoms with Crippen molar-refractivity contribution in [2.45, 2.75) is 6.92 Å². The number of pyridine rings is 1. The Hall–Kier alpha value is -2.67. The number of nitrogens with one attached hydrogen (secondary N) is 1. The Morgan fingerprint density at radius 1 is 1.22 bits per heavy atom. The van der Waals surface area contributed by atoms with Gasteiger partial charge in [-0.25, -0.2) is 13.8 Å². The predicted molar refractivity (Wildman–Crippen MR) is 82.7 cm³/mol. The summed E-state index contributed by atoms with van der Waals surface area (Å²) in [5.41, 5.74) is 0.898. The minimum Gasteiger partial charge on any atom is -0.505 e. The monoisotopic (exact) mass is 337 g/mol. The molecule has 2 N–H and O–H groups in total. The molecule has 1 aromatic carbocycles. The fourth-order valence-electron chi connectivity index (χ4n) is 2.64. The lowest BCUT2D eigenvalue weighted by Gasteiger charge is -2.09. The van der Waals surface area contributed by atoms with Gasteiger partial charge in [0.05, 0.1) is 22.7 Å². The second kappa shape index (κ2) is 5.20. The first kappa shape index (κ1) is 15.2. The number of furan rings is 1. The summed E-state index contributed by atoms with van der Waals surface area (Å²) in [6.07, 6.45) is 1.42. The van der Waals surface area contributed by atoms with E-state index in [2.05, 4.69) is 15.2 Å². The molecule has 3 aromatic heterocycles. The Kier molecular flexibility index (Phi) is 3.45. The molecule has 0 bridgehead atoms. The lowest BCUT2D eigenvalue weighted by atomic mass is 10.0. The zero-order valence-corrected chi connectivity index (χ0v) is 12.5. The van der Waals surface area contributed by atoms with Crippen molar-refractivity contribution in [3.05, 3.63) is 41.8 Å². The number of phenols is 1. The van der Waals surface area contributed by atoms with E-state index in [9.17, 15) is 13.9 Å². The quantitative estimate of drug-likeness (QED) is 0.548. The van der Waals surface area contributed by atoms with E-state index in [4.69, 9.17) is 4.42 Å². The Morgan fingerprint density at radius 2 is 2.00 bits per heavy atom. The van der Waals surface area contributed by atoms with Gasteiger partial charge in [-0.1, -0.05) is 0 Å². The topological polar surface area (TPSA) is 74.9 Å². The van der Waals surface area contributed by atoms with E-state index in [0.29, 0.717) is 22.5 Å². The number of aryl methyl sites for hydroxylation is 1. The van der Waals surface area contributed by atoms with Crippen molar-refractivity contribution >= 4 is 34.2 Å². The number of nitrogens with zero attached hydrogens (tertiary/aromatic N) is 2. The summed E-state index contributed by atoms with van der Waals surface area (Å²) < 4.78 is 34.1. The molecule has 8 heteroatoms. The molecule has 23 heavy (non-hydrogen) atoms. The van der Waals surface area contributed by atoms with Crippen LogP contribution in [0.15, 0.2) is 28.9 Å². The summed E-state index contributed by atoms with van der Waals surface area (Å²) >= 11 is 0. The molecule has 0 saturated heterocycles. The van der Waals surface area contributed by atoms with Gasteiger partial charge in [0.1, 0.15) is 11.5 Å². The number of aromatic amines is 1. The minimum absolute atomic E-state index is 0. The third kappa shape index (κ3) is 2.04. The number of rotatable bonds is 1. The van der Waals surface area contributed by atoms with Crippen molar-refractivity contribution in [2.75, 3.05) is 0 Å². The van der Waals surface area contributed by atoms with Gasteiger partial charge in [-0.2, -0.15) is 5.10 Å². The molecule has 0 atom stereocenters. The summed E-state index contributed by atoms with van der Waals surface area (Å²) in [4.78, 5) is 4.30. The van der Waals surface area contributed by atoms with Crippen molar-refractivity contribution in [1.29, 1.82) is 0 Å². The second-order valence-electron chi connectivity index (χ2n) is 4.91. The van der Waals surface area contributed by atoms with E-state index in [0.717, 1.165) is 6.07 Å². The summed E-state index contributed by atoms with van der Waals surface area (Å²) in [6, 6.07) is 3.95. The zero-order valence-electron chi connectivity index (χ0n) is 11.7. The first-order valence-electron chi connectivity index (χ1n) is 6.47. The fourth-order valence-corrected chi connectivity index (χ4v) is 2.64. The van der Waals surface area contributed by atoms with Crippen molar-refractivity contribution in [3.8, 4) is 17.2 Å². The number of hydrogen-bond donors (Lipinski definition) is 2. The van der Waals surface area contributed by atoms with Gasteiger partial charge in [-0.05, 0) is 19.1 Å². The highest BCUT2D eigenvalue weighted by Gasteiger charge is 2.23. The summed E-state index contributed by atoms with van der Waals surface area (Å²) in [6.45, 7) is 1.65. The van der Waals surface area contributed by atoms with E-state index in [1.165, 1.54) is 6.26 Å². The van der Waals surface area contributed by atoms with E-state index in [-0.39, 0.29) is 28.9 Å². The van der Waals surface area contributed by atoms with E-state index in [1.54, 1.807) is 19.1 Å². The number of aromatic nitrogens is 3. The maximum atomic E-state index is 14.5. The first-order valence-corrected chi connectivity index (χ1v) is 6.47. The summed E-state index contributed by atoms with van der Waals surface area (Å²) in [7, 11) is 0. The van der Waals surface area contributed by atoms with E-state index >= 15 is 0 Å². The van der Waals surface area contributed by atoms with Gasteiger partial charge >= 0.3 is 0 Å². The van der Waals surface area contributed by atoms with Gasteiger partial charge in [-0.3, -0.25) is 5.10 Å². The Bertz CT molecular complexity index is 1030. The fraction of sp³-hybridized carbons (Fsp3) is 0.0667. The number of hydrogen-bond acceptors (Lipinski definition) is 4. The predicted octanol–water partition coefficient (Wildman–Crippen LogP) is 4.09. The molecule has 0 spiro atoms. The van der Waals surface area contributed by atoms with Crippen LogP contribution in [0.25, 0.3) is 33.3 Å². The molecular weight excluding hydrogens is 328 g/mol. The standard InChI is InChI=1S/C15H9F2N3O2.ClH/c1-6-10-12-11(7(16)5-8(21)13(12)17)14(9-3-2-4-22-9)18-15(10)20-19-6;/h2-5,21H,1H3,(H,18,19,20);1H. The van der Waals surface area contributed by atoms with Crippen LogP contribution in [0.4, 0.5) is 8.78 Å². The molecule has 0 saturated carbocycles. The molecule has 0 amide bonds. The zero-order chi connectivity index (χ0) is 15.4. The highest BCUT2D eigenvalue weighted by molar-refractivity contribution is 6.11. The summed E-state index contributed by atoms with van der Waals surface area (Å²) in [5, 5.41) is 16.5. The van der Waals surface area contributed by atoms with Crippen LogP contribution in [-0.4, -0.2) is 20.3 Å². The minimum atomic E-state index is -0.916. The van der Waals surface area contributed by atoms with Crippen molar-refractivity contribution in [1.82, 2.24) is 15.2 Å². The second-order valence-corrected chi connectivity index (χ2v) is 4.91. The van der Waals surface area contributed by atoms with Crippen LogP contribution in [0, 0.1) is 18.6 Å². The molecule has 4 aromatic rings. The van der Waals surface area contributed by atoms with E-state index in [1.807, 2.05) is 0 Å². The molecule has 0 radical (unpaired) electrons. The van der Waals surface area contributed by atoms with Crippen LogP contribution < -0.4 is 0 Å². The Morgan fingerprint density at radius 3 is 2.70 bits per heavy atom. The Labute approximate surface area is 134 Å². The van der Waals surface area contributed by atoms with Crippen molar-refractivity contribution in [3.63, 3.8) is 0 Å². The third-order valence-corrected chi connectivity index (χ3v) is 3.59.